The maximum Gasteiger partial charge on any atom is 0.0209 e. The monoisotopic (exact) mass is 182 g/mol. The van der Waals surface area contributed by atoms with Crippen LogP contribution in [0.1, 0.15) is 26.7 Å². The molecule has 2 heteroatoms. The van der Waals surface area contributed by atoms with E-state index < -0.39 is 0 Å². The quantitative estimate of drug-likeness (QED) is 0.693. The third-order valence-electron chi connectivity index (χ3n) is 4.00. The summed E-state index contributed by atoms with van der Waals surface area (Å²) in [7, 11) is 2.22. The van der Waals surface area contributed by atoms with E-state index in [9.17, 15) is 0 Å². The smallest absolute Gasteiger partial charge is 0.0209 e. The van der Waals surface area contributed by atoms with Gasteiger partial charge in [-0.25, -0.2) is 0 Å². The highest BCUT2D eigenvalue weighted by Gasteiger charge is 2.36. The Kier molecular flexibility index (Phi) is 2.61. The molecule has 4 atom stereocenters. The first kappa shape index (κ1) is 9.47. The summed E-state index contributed by atoms with van der Waals surface area (Å²) in [5.41, 5.74) is 0. The first-order valence-electron chi connectivity index (χ1n) is 5.61. The third kappa shape index (κ3) is 1.89. The molecule has 0 aromatic rings. The number of hydrogen-bond donors (Lipinski definition) is 1. The van der Waals surface area contributed by atoms with Gasteiger partial charge in [0.25, 0.3) is 0 Å². The summed E-state index contributed by atoms with van der Waals surface area (Å²) in [5, 5.41) is 3.78. The summed E-state index contributed by atoms with van der Waals surface area (Å²) in [6, 6.07) is 1.58. The first-order valence-corrected chi connectivity index (χ1v) is 5.61. The fourth-order valence-electron chi connectivity index (χ4n) is 2.62. The second kappa shape index (κ2) is 3.58. The summed E-state index contributed by atoms with van der Waals surface area (Å²) < 4.78 is 0. The molecule has 13 heavy (non-hydrogen) atoms. The van der Waals surface area contributed by atoms with Gasteiger partial charge in [0.1, 0.15) is 0 Å². The number of nitrogens with one attached hydrogen (secondary N) is 1. The van der Waals surface area contributed by atoms with Crippen molar-refractivity contribution in [1.82, 2.24) is 10.2 Å². The van der Waals surface area contributed by atoms with E-state index in [1.54, 1.807) is 0 Å². The van der Waals surface area contributed by atoms with E-state index in [1.807, 2.05) is 0 Å². The minimum absolute atomic E-state index is 0.768. The highest BCUT2D eigenvalue weighted by Crippen LogP contribution is 2.34. The molecule has 2 nitrogen and oxygen atoms in total. The molecular weight excluding hydrogens is 160 g/mol. The Hall–Kier alpha value is -0.0800. The zero-order chi connectivity index (χ0) is 9.42. The van der Waals surface area contributed by atoms with Crippen LogP contribution in [0.15, 0.2) is 0 Å². The zero-order valence-electron chi connectivity index (χ0n) is 9.09. The van der Waals surface area contributed by atoms with Gasteiger partial charge in [-0.3, -0.25) is 0 Å². The van der Waals surface area contributed by atoms with Gasteiger partial charge < -0.3 is 10.2 Å². The molecule has 0 spiro atoms. The molecule has 1 heterocycles. The number of rotatable bonds is 2. The molecule has 1 aliphatic heterocycles. The van der Waals surface area contributed by atoms with E-state index in [2.05, 4.69) is 31.1 Å². The second-order valence-electron chi connectivity index (χ2n) is 5.09. The van der Waals surface area contributed by atoms with E-state index in [4.69, 9.17) is 0 Å². The highest BCUT2D eigenvalue weighted by atomic mass is 15.2. The summed E-state index contributed by atoms with van der Waals surface area (Å²) in [5.74, 6) is 1.84. The second-order valence-corrected chi connectivity index (χ2v) is 5.09. The summed E-state index contributed by atoms with van der Waals surface area (Å²) in [4.78, 5) is 2.42. The average Bonchev–Trinajstić information content (AvgIpc) is 2.50. The van der Waals surface area contributed by atoms with Crippen LogP contribution in [0.25, 0.3) is 0 Å². The van der Waals surface area contributed by atoms with Crippen molar-refractivity contribution in [2.45, 2.75) is 38.8 Å². The predicted octanol–water partition coefficient (Wildman–Crippen LogP) is 1.32. The fourth-order valence-corrected chi connectivity index (χ4v) is 2.62. The molecule has 0 amide bonds. The van der Waals surface area contributed by atoms with Gasteiger partial charge >= 0.3 is 0 Å². The lowest BCUT2D eigenvalue weighted by Gasteiger charge is -2.43. The van der Waals surface area contributed by atoms with Crippen LogP contribution in [-0.4, -0.2) is 37.1 Å². The standard InChI is InChI=1S/C11H22N2/c1-8-6-11(9(8)2)12-10-4-5-13(3)7-10/h8-12H,4-7H2,1-3H3. The molecule has 1 aliphatic carbocycles. The number of likely N-dealkylation sites (tertiary alicyclic amines) is 1. The first-order chi connectivity index (χ1) is 6.16. The molecule has 0 radical (unpaired) electrons. The molecular formula is C11H22N2. The molecule has 2 rings (SSSR count). The molecule has 2 fully saturated rings. The molecule has 4 unspecified atom stereocenters. The van der Waals surface area contributed by atoms with E-state index in [0.717, 1.165) is 23.9 Å². The van der Waals surface area contributed by atoms with Crippen molar-refractivity contribution >= 4 is 0 Å². The van der Waals surface area contributed by atoms with Crippen LogP contribution in [0.5, 0.6) is 0 Å². The molecule has 1 saturated heterocycles. The molecule has 0 aromatic carbocycles. The van der Waals surface area contributed by atoms with Crippen molar-refractivity contribution in [2.75, 3.05) is 20.1 Å². The molecule has 0 bridgehead atoms. The van der Waals surface area contributed by atoms with Crippen LogP contribution in [0, 0.1) is 11.8 Å². The molecule has 76 valence electrons. The van der Waals surface area contributed by atoms with Crippen LogP contribution in [-0.2, 0) is 0 Å². The SMILES string of the molecule is CC1CC(NC2CCN(C)C2)C1C. The van der Waals surface area contributed by atoms with E-state index >= 15 is 0 Å². The minimum atomic E-state index is 0.768. The van der Waals surface area contributed by atoms with Crippen LogP contribution in [0.3, 0.4) is 0 Å². The lowest BCUT2D eigenvalue weighted by atomic mass is 9.71. The highest BCUT2D eigenvalue weighted by molar-refractivity contribution is 4.93. The lowest BCUT2D eigenvalue weighted by molar-refractivity contribution is 0.126. The fraction of sp³-hybridized carbons (Fsp3) is 1.00. The molecule has 2 aliphatic rings. The predicted molar refractivity (Wildman–Crippen MR) is 55.8 cm³/mol. The van der Waals surface area contributed by atoms with Gasteiger partial charge in [-0.05, 0) is 38.3 Å². The van der Waals surface area contributed by atoms with Gasteiger partial charge in [0, 0.05) is 18.6 Å². The van der Waals surface area contributed by atoms with Gasteiger partial charge in [0.05, 0.1) is 0 Å². The van der Waals surface area contributed by atoms with Crippen molar-refractivity contribution in [3.8, 4) is 0 Å². The van der Waals surface area contributed by atoms with Crippen LogP contribution in [0.4, 0.5) is 0 Å². The summed E-state index contributed by atoms with van der Waals surface area (Å²) in [6.07, 6.45) is 2.73. The van der Waals surface area contributed by atoms with E-state index in [0.29, 0.717) is 0 Å². The van der Waals surface area contributed by atoms with Crippen molar-refractivity contribution in [3.63, 3.8) is 0 Å². The Morgan fingerprint density at radius 1 is 1.31 bits per heavy atom. The number of likely N-dealkylation sites (N-methyl/N-ethyl adjacent to an activating group) is 1. The number of hydrogen-bond acceptors (Lipinski definition) is 2. The molecule has 1 saturated carbocycles. The largest absolute Gasteiger partial charge is 0.310 e. The van der Waals surface area contributed by atoms with Gasteiger partial charge in [-0.15, -0.1) is 0 Å². The summed E-state index contributed by atoms with van der Waals surface area (Å²) in [6.45, 7) is 7.26. The van der Waals surface area contributed by atoms with Gasteiger partial charge in [-0.2, -0.15) is 0 Å². The Balaban J connectivity index is 1.74. The Labute approximate surface area is 81.7 Å². The van der Waals surface area contributed by atoms with Crippen molar-refractivity contribution in [3.05, 3.63) is 0 Å². The lowest BCUT2D eigenvalue weighted by Crippen LogP contribution is -2.52. The van der Waals surface area contributed by atoms with Crippen LogP contribution >= 0.6 is 0 Å². The van der Waals surface area contributed by atoms with Crippen molar-refractivity contribution in [1.29, 1.82) is 0 Å². The van der Waals surface area contributed by atoms with Gasteiger partial charge in [0.15, 0.2) is 0 Å². The van der Waals surface area contributed by atoms with Crippen LogP contribution < -0.4 is 5.32 Å². The van der Waals surface area contributed by atoms with Crippen molar-refractivity contribution in [2.24, 2.45) is 11.8 Å². The summed E-state index contributed by atoms with van der Waals surface area (Å²) >= 11 is 0. The Morgan fingerprint density at radius 2 is 2.08 bits per heavy atom. The van der Waals surface area contributed by atoms with Crippen LogP contribution in [0.2, 0.25) is 0 Å². The van der Waals surface area contributed by atoms with Gasteiger partial charge in [-0.1, -0.05) is 13.8 Å². The minimum Gasteiger partial charge on any atom is -0.310 e. The Morgan fingerprint density at radius 3 is 2.54 bits per heavy atom. The van der Waals surface area contributed by atoms with Gasteiger partial charge in [0.2, 0.25) is 0 Å². The van der Waals surface area contributed by atoms with E-state index in [-0.39, 0.29) is 0 Å². The molecule has 0 aromatic heterocycles. The topological polar surface area (TPSA) is 15.3 Å². The number of nitrogens with zero attached hydrogens (tertiary/aromatic N) is 1. The maximum atomic E-state index is 3.78. The zero-order valence-corrected chi connectivity index (χ0v) is 9.09. The van der Waals surface area contributed by atoms with Crippen molar-refractivity contribution < 1.29 is 0 Å². The maximum absolute atomic E-state index is 3.78. The normalized spacial score (nSPS) is 46.4. The Bertz CT molecular complexity index is 179. The average molecular weight is 182 g/mol. The third-order valence-corrected chi connectivity index (χ3v) is 4.00. The molecule has 1 N–H and O–H groups in total. The van der Waals surface area contributed by atoms with E-state index in [1.165, 1.54) is 25.9 Å².